The van der Waals surface area contributed by atoms with Crippen molar-refractivity contribution in [1.82, 2.24) is 9.55 Å². The smallest absolute Gasteiger partial charge is 0.343 e. The van der Waals surface area contributed by atoms with Gasteiger partial charge in [0.1, 0.15) is 12.4 Å². The number of hydrogen-bond donors (Lipinski definition) is 2. The van der Waals surface area contributed by atoms with Crippen molar-refractivity contribution in [3.05, 3.63) is 56.4 Å². The molecule has 8 nitrogen and oxygen atoms in total. The van der Waals surface area contributed by atoms with E-state index in [0.717, 1.165) is 33.3 Å². The SMILES string of the molecule is CC[C@@]1(O)C(=O)OCc2c1cc1n(c2=O)Cc2c-1nc1cc3c(cc1c2CN)C(C)CO3. The Morgan fingerprint density at radius 3 is 2.81 bits per heavy atom. The molecule has 1 aromatic carbocycles. The molecule has 3 aromatic rings. The summed E-state index contributed by atoms with van der Waals surface area (Å²) >= 11 is 0. The molecule has 5 heterocycles. The number of esters is 1. The average Bonchev–Trinajstić information content (AvgIpc) is 3.34. The highest BCUT2D eigenvalue weighted by Gasteiger charge is 2.45. The molecule has 0 radical (unpaired) electrons. The van der Waals surface area contributed by atoms with Crippen LogP contribution in [0, 0.1) is 0 Å². The van der Waals surface area contributed by atoms with Gasteiger partial charge in [0.25, 0.3) is 5.56 Å². The molecule has 2 aromatic heterocycles. The second-order valence-electron chi connectivity index (χ2n) is 8.84. The minimum Gasteiger partial charge on any atom is -0.493 e. The van der Waals surface area contributed by atoms with Gasteiger partial charge in [0.2, 0.25) is 0 Å². The molecule has 0 amide bonds. The minimum absolute atomic E-state index is 0.107. The van der Waals surface area contributed by atoms with E-state index in [-0.39, 0.29) is 18.6 Å². The summed E-state index contributed by atoms with van der Waals surface area (Å²) in [5, 5.41) is 12.0. The summed E-state index contributed by atoms with van der Waals surface area (Å²) in [7, 11) is 0. The summed E-state index contributed by atoms with van der Waals surface area (Å²) in [5.41, 5.74) is 9.67. The van der Waals surface area contributed by atoms with Gasteiger partial charge in [-0.05, 0) is 24.1 Å². The number of pyridine rings is 2. The van der Waals surface area contributed by atoms with E-state index < -0.39 is 11.6 Å². The Morgan fingerprint density at radius 1 is 1.25 bits per heavy atom. The highest BCUT2D eigenvalue weighted by Crippen LogP contribution is 2.42. The van der Waals surface area contributed by atoms with E-state index in [4.69, 9.17) is 20.2 Å². The molecule has 0 fully saturated rings. The first-order valence-corrected chi connectivity index (χ1v) is 10.9. The standard InChI is InChI=1S/C24H23N3O5/c1-3-24(30)17-5-19-21-15(8-27(19)22(28)16(17)10-32-23(24)29)14(7-25)13-4-12-11(2)9-31-20(12)6-18(13)26-21/h4-6,11,30H,3,7-10,25H2,1-2H3/t11?,24-/m0/s1. The number of nitrogens with zero attached hydrogens (tertiary/aromatic N) is 2. The third-order valence-corrected chi connectivity index (χ3v) is 7.16. The maximum absolute atomic E-state index is 13.4. The van der Waals surface area contributed by atoms with Crippen LogP contribution in [0.3, 0.4) is 0 Å². The second-order valence-corrected chi connectivity index (χ2v) is 8.84. The maximum Gasteiger partial charge on any atom is 0.343 e. The Balaban J connectivity index is 1.64. The third kappa shape index (κ3) is 2.31. The Bertz CT molecular complexity index is 1410. The highest BCUT2D eigenvalue weighted by atomic mass is 16.6. The van der Waals surface area contributed by atoms with Crippen molar-refractivity contribution in [3.8, 4) is 17.1 Å². The number of benzene rings is 1. The van der Waals surface area contributed by atoms with Gasteiger partial charge in [-0.25, -0.2) is 9.78 Å². The van der Waals surface area contributed by atoms with Crippen molar-refractivity contribution in [1.29, 1.82) is 0 Å². The van der Waals surface area contributed by atoms with Crippen molar-refractivity contribution in [2.75, 3.05) is 6.61 Å². The van der Waals surface area contributed by atoms with Crippen molar-refractivity contribution < 1.29 is 19.4 Å². The van der Waals surface area contributed by atoms with Gasteiger partial charge in [0.15, 0.2) is 5.60 Å². The number of hydrogen-bond acceptors (Lipinski definition) is 7. The molecule has 3 aliphatic rings. The van der Waals surface area contributed by atoms with Crippen molar-refractivity contribution in [2.45, 2.75) is 51.5 Å². The normalized spacial score (nSPS) is 22.8. The summed E-state index contributed by atoms with van der Waals surface area (Å²) in [4.78, 5) is 30.6. The van der Waals surface area contributed by atoms with Crippen molar-refractivity contribution in [3.63, 3.8) is 0 Å². The van der Waals surface area contributed by atoms with E-state index in [0.29, 0.717) is 48.1 Å². The predicted octanol–water partition coefficient (Wildman–Crippen LogP) is 2.03. The van der Waals surface area contributed by atoms with Gasteiger partial charge in [0.05, 0.1) is 35.6 Å². The van der Waals surface area contributed by atoms with Crippen LogP contribution in [0.15, 0.2) is 23.0 Å². The van der Waals surface area contributed by atoms with E-state index in [9.17, 15) is 14.7 Å². The number of carbonyl (C=O) groups excluding carboxylic acids is 1. The maximum atomic E-state index is 13.4. The number of aliphatic hydroxyl groups is 1. The number of ether oxygens (including phenoxy) is 2. The molecular formula is C24H23N3O5. The number of cyclic esters (lactones) is 1. The molecular weight excluding hydrogens is 410 g/mol. The van der Waals surface area contributed by atoms with E-state index in [1.807, 2.05) is 6.07 Å². The van der Waals surface area contributed by atoms with Gasteiger partial charge in [-0.15, -0.1) is 0 Å². The first kappa shape index (κ1) is 19.5. The number of nitrogens with two attached hydrogens (primary N) is 1. The first-order chi connectivity index (χ1) is 15.4. The molecule has 164 valence electrons. The highest BCUT2D eigenvalue weighted by molar-refractivity contribution is 5.90. The Kier molecular flexibility index (Phi) is 3.89. The van der Waals surface area contributed by atoms with Crippen LogP contribution in [-0.2, 0) is 34.8 Å². The zero-order chi connectivity index (χ0) is 22.4. The summed E-state index contributed by atoms with van der Waals surface area (Å²) < 4.78 is 12.6. The van der Waals surface area contributed by atoms with Gasteiger partial charge in [-0.1, -0.05) is 13.8 Å². The lowest BCUT2D eigenvalue weighted by Crippen LogP contribution is -2.44. The Morgan fingerprint density at radius 2 is 2.06 bits per heavy atom. The first-order valence-electron chi connectivity index (χ1n) is 10.9. The molecule has 8 heteroatoms. The lowest BCUT2D eigenvalue weighted by molar-refractivity contribution is -0.172. The molecule has 2 atom stereocenters. The number of aromatic nitrogens is 2. The zero-order valence-corrected chi connectivity index (χ0v) is 17.9. The van der Waals surface area contributed by atoms with Crippen LogP contribution in [0.1, 0.15) is 54.0 Å². The monoisotopic (exact) mass is 433 g/mol. The molecule has 6 rings (SSSR count). The van der Waals surface area contributed by atoms with Crippen LogP contribution in [0.4, 0.5) is 0 Å². The van der Waals surface area contributed by atoms with E-state index >= 15 is 0 Å². The molecule has 0 bridgehead atoms. The lowest BCUT2D eigenvalue weighted by atomic mass is 9.86. The van der Waals surface area contributed by atoms with E-state index in [2.05, 4.69) is 13.0 Å². The second kappa shape index (κ2) is 6.40. The van der Waals surface area contributed by atoms with Gasteiger partial charge in [-0.2, -0.15) is 0 Å². The molecule has 1 unspecified atom stereocenters. The molecule has 0 saturated carbocycles. The summed E-state index contributed by atoms with van der Waals surface area (Å²) in [6.07, 6.45) is 0.107. The van der Waals surface area contributed by atoms with Crippen LogP contribution in [0.2, 0.25) is 0 Å². The number of fused-ring (bicyclic) bond motifs is 6. The van der Waals surface area contributed by atoms with Crippen LogP contribution in [0.5, 0.6) is 5.75 Å². The summed E-state index contributed by atoms with van der Waals surface area (Å²) in [6, 6.07) is 5.76. The van der Waals surface area contributed by atoms with Gasteiger partial charge >= 0.3 is 5.97 Å². The van der Waals surface area contributed by atoms with Crippen LogP contribution in [0.25, 0.3) is 22.3 Å². The van der Waals surface area contributed by atoms with Gasteiger partial charge < -0.3 is 24.9 Å². The Labute approximate surface area is 183 Å². The Hall–Kier alpha value is -3.23. The fourth-order valence-corrected chi connectivity index (χ4v) is 5.25. The summed E-state index contributed by atoms with van der Waals surface area (Å²) in [6.45, 7) is 4.95. The zero-order valence-electron chi connectivity index (χ0n) is 17.9. The summed E-state index contributed by atoms with van der Waals surface area (Å²) in [5.74, 6) is 0.388. The number of carbonyl (C=O) groups is 1. The molecule has 32 heavy (non-hydrogen) atoms. The molecule has 3 aliphatic heterocycles. The predicted molar refractivity (Wildman–Crippen MR) is 116 cm³/mol. The van der Waals surface area contributed by atoms with Gasteiger partial charge in [-0.3, -0.25) is 4.79 Å². The fraction of sp³-hybridized carbons (Fsp3) is 0.375. The third-order valence-electron chi connectivity index (χ3n) is 7.16. The average molecular weight is 433 g/mol. The largest absolute Gasteiger partial charge is 0.493 e. The number of rotatable bonds is 2. The minimum atomic E-state index is -1.84. The molecule has 0 aliphatic carbocycles. The van der Waals surface area contributed by atoms with Gasteiger partial charge in [0, 0.05) is 40.6 Å². The van der Waals surface area contributed by atoms with Crippen LogP contribution < -0.4 is 16.0 Å². The molecule has 0 spiro atoms. The molecule has 0 saturated heterocycles. The van der Waals surface area contributed by atoms with Crippen molar-refractivity contribution in [2.24, 2.45) is 5.73 Å². The quantitative estimate of drug-likeness (QED) is 0.465. The van der Waals surface area contributed by atoms with Crippen molar-refractivity contribution >= 4 is 16.9 Å². The van der Waals surface area contributed by atoms with Crippen LogP contribution >= 0.6 is 0 Å². The fourth-order valence-electron chi connectivity index (χ4n) is 5.25. The van der Waals surface area contributed by atoms with E-state index in [1.165, 1.54) is 0 Å². The molecule has 3 N–H and O–H groups in total. The lowest BCUT2D eigenvalue weighted by Gasteiger charge is -2.31. The van der Waals surface area contributed by atoms with E-state index in [1.54, 1.807) is 17.6 Å². The van der Waals surface area contributed by atoms with Crippen LogP contribution in [-0.4, -0.2) is 27.2 Å². The topological polar surface area (TPSA) is 117 Å².